The van der Waals surface area contributed by atoms with Crippen molar-refractivity contribution >= 4 is 22.6 Å². The van der Waals surface area contributed by atoms with Crippen LogP contribution >= 0.6 is 11.3 Å². The second kappa shape index (κ2) is 3.38. The van der Waals surface area contributed by atoms with Crippen LogP contribution in [0.4, 0.5) is 0 Å². The molecule has 2 aromatic rings. The topological polar surface area (TPSA) is 56.5 Å². The van der Waals surface area contributed by atoms with Gasteiger partial charge in [-0.15, -0.1) is 5.10 Å². The smallest absolute Gasteiger partial charge is 0.294 e. The first-order chi connectivity index (χ1) is 6.72. The number of fused-ring (bicyclic) bond motifs is 1. The fourth-order valence-electron chi connectivity index (χ4n) is 1.07. The summed E-state index contributed by atoms with van der Waals surface area (Å²) in [6.45, 7) is 4.17. The fraction of sp³-hybridized carbons (Fsp3) is 0.375. The van der Waals surface area contributed by atoms with E-state index >= 15 is 0 Å². The van der Waals surface area contributed by atoms with Crippen LogP contribution < -0.4 is 10.1 Å². The lowest BCUT2D eigenvalue weighted by atomic mass is 10.7. The maximum Gasteiger partial charge on any atom is 0.294 e. The maximum absolute atomic E-state index is 11.6. The lowest BCUT2D eigenvalue weighted by Gasteiger charge is -1.87. The summed E-state index contributed by atoms with van der Waals surface area (Å²) in [5.41, 5.74) is -0.168. The quantitative estimate of drug-likeness (QED) is 0.699. The molecule has 0 aliphatic heterocycles. The molecule has 0 N–H and O–H groups in total. The number of hydrogen-bond donors (Lipinski definition) is 0. The zero-order chi connectivity index (χ0) is 10.1. The van der Waals surface area contributed by atoms with Crippen LogP contribution in [0.1, 0.15) is 12.7 Å². The van der Waals surface area contributed by atoms with Crippen molar-refractivity contribution in [3.63, 3.8) is 0 Å². The van der Waals surface area contributed by atoms with Crippen molar-refractivity contribution in [1.29, 1.82) is 0 Å². The molecule has 6 heteroatoms. The largest absolute Gasteiger partial charge is 0.500 e. The Morgan fingerprint density at radius 1 is 1.64 bits per heavy atom. The summed E-state index contributed by atoms with van der Waals surface area (Å²) >= 11 is 1.28. The molecule has 2 aromatic heterocycles. The Bertz CT molecular complexity index is 557. The molecule has 14 heavy (non-hydrogen) atoms. The molecule has 2 heterocycles. The highest BCUT2D eigenvalue weighted by molar-refractivity contribution is 7.14. The van der Waals surface area contributed by atoms with Gasteiger partial charge in [-0.05, 0) is 13.8 Å². The van der Waals surface area contributed by atoms with Crippen molar-refractivity contribution in [3.05, 3.63) is 20.7 Å². The average Bonchev–Trinajstić information content (AvgIpc) is 2.63. The van der Waals surface area contributed by atoms with Crippen molar-refractivity contribution in [2.45, 2.75) is 13.8 Å². The third-order valence-corrected chi connectivity index (χ3v) is 2.58. The van der Waals surface area contributed by atoms with Gasteiger partial charge in [0.05, 0.1) is 6.61 Å². The Kier molecular flexibility index (Phi) is 2.20. The molecule has 0 fully saturated rings. The van der Waals surface area contributed by atoms with E-state index in [-0.39, 0.29) is 5.56 Å². The molecule has 0 aliphatic carbocycles. The number of nitrogens with zero attached hydrogens (tertiary/aromatic N) is 3. The molecule has 0 aromatic carbocycles. The van der Waals surface area contributed by atoms with Crippen LogP contribution in [0.3, 0.4) is 0 Å². The fourth-order valence-corrected chi connectivity index (χ4v) is 1.95. The van der Waals surface area contributed by atoms with E-state index in [9.17, 15) is 4.79 Å². The molecule has 0 saturated carbocycles. The van der Waals surface area contributed by atoms with Crippen LogP contribution in [0.25, 0.3) is 11.2 Å². The molecule has 0 amide bonds. The van der Waals surface area contributed by atoms with E-state index in [0.717, 1.165) is 0 Å². The summed E-state index contributed by atoms with van der Waals surface area (Å²) in [5, 5.41) is 3.97. The Morgan fingerprint density at radius 2 is 2.43 bits per heavy atom. The van der Waals surface area contributed by atoms with Gasteiger partial charge in [0.25, 0.3) is 5.56 Å². The van der Waals surface area contributed by atoms with Gasteiger partial charge in [-0.3, -0.25) is 4.79 Å². The lowest BCUT2D eigenvalue weighted by Crippen LogP contribution is -2.23. The molecule has 0 aliphatic rings. The van der Waals surface area contributed by atoms with Crippen molar-refractivity contribution in [3.8, 4) is 0 Å². The summed E-state index contributed by atoms with van der Waals surface area (Å²) in [4.78, 5) is 16.3. The molecular formula is C8H9N3O2S. The van der Waals surface area contributed by atoms with Crippen LogP contribution in [0.2, 0.25) is 0 Å². The van der Waals surface area contributed by atoms with E-state index in [0.29, 0.717) is 21.9 Å². The van der Waals surface area contributed by atoms with Gasteiger partial charge >= 0.3 is 0 Å². The van der Waals surface area contributed by atoms with E-state index in [1.165, 1.54) is 22.1 Å². The van der Waals surface area contributed by atoms with Crippen molar-refractivity contribution in [1.82, 2.24) is 14.6 Å². The van der Waals surface area contributed by atoms with Crippen LogP contribution in [0.15, 0.2) is 4.79 Å². The molecule has 2 rings (SSSR count). The molecule has 0 bridgehead atoms. The molecular weight excluding hydrogens is 202 g/mol. The summed E-state index contributed by atoms with van der Waals surface area (Å²) in [6, 6.07) is 0. The van der Waals surface area contributed by atoms with Gasteiger partial charge in [0.15, 0.2) is 0 Å². The van der Waals surface area contributed by atoms with Gasteiger partial charge in [0, 0.05) is 0 Å². The number of aryl methyl sites for hydroxylation is 1. The minimum Gasteiger partial charge on any atom is -0.500 e. The van der Waals surface area contributed by atoms with Gasteiger partial charge in [-0.25, -0.2) is 4.98 Å². The number of ether oxygens (including phenoxy) is 1. The molecule has 0 saturated heterocycles. The van der Waals surface area contributed by atoms with Crippen LogP contribution in [-0.2, 0) is 4.74 Å². The van der Waals surface area contributed by atoms with Crippen molar-refractivity contribution < 1.29 is 4.74 Å². The molecule has 74 valence electrons. The van der Waals surface area contributed by atoms with E-state index < -0.39 is 0 Å². The summed E-state index contributed by atoms with van der Waals surface area (Å²) in [6.07, 6.45) is 1.46. The first-order valence-corrected chi connectivity index (χ1v) is 5.02. The zero-order valence-electron chi connectivity index (χ0n) is 7.85. The number of thiazole rings is 1. The molecule has 0 unspecified atom stereocenters. The predicted molar refractivity (Wildman–Crippen MR) is 53.2 cm³/mol. The average molecular weight is 211 g/mol. The Hall–Kier alpha value is -1.43. The Balaban J connectivity index is 2.65. The maximum atomic E-state index is 11.6. The van der Waals surface area contributed by atoms with Crippen LogP contribution in [0, 0.1) is 6.92 Å². The summed E-state index contributed by atoms with van der Waals surface area (Å²) in [5.74, 6) is 0.608. The van der Waals surface area contributed by atoms with Gasteiger partial charge in [0.1, 0.15) is 16.6 Å². The van der Waals surface area contributed by atoms with Gasteiger partial charge in [-0.1, -0.05) is 11.3 Å². The van der Waals surface area contributed by atoms with E-state index in [1.54, 1.807) is 6.92 Å². The predicted octanol–water partition coefficient (Wildman–Crippen LogP) is -0.0472. The van der Waals surface area contributed by atoms with Gasteiger partial charge in [-0.2, -0.15) is 4.52 Å². The van der Waals surface area contributed by atoms with Crippen molar-refractivity contribution in [2.75, 3.05) is 6.61 Å². The van der Waals surface area contributed by atoms with Gasteiger partial charge in [0.2, 0.25) is 4.96 Å². The highest BCUT2D eigenvalue weighted by Gasteiger charge is 2.07. The normalized spacial score (nSPS) is 12.6. The Morgan fingerprint density at radius 3 is 3.07 bits per heavy atom. The van der Waals surface area contributed by atoms with Gasteiger partial charge < -0.3 is 4.74 Å². The number of rotatable bonds is 2. The number of hydrogen-bond acceptors (Lipinski definition) is 5. The molecule has 0 spiro atoms. The highest BCUT2D eigenvalue weighted by Crippen LogP contribution is 1.99. The third kappa shape index (κ3) is 1.37. The lowest BCUT2D eigenvalue weighted by molar-refractivity contribution is 0.316. The standard InChI is InChI=1S/C8H9N3O2S/c1-3-13-4-6-7(12)11-8(14-6)9-5(2)10-11/h4H,3H2,1-2H3/b6-4+. The second-order valence-electron chi connectivity index (χ2n) is 2.70. The SMILES string of the molecule is CCO/C=c1/sc2nc(C)nn2c1=O. The minimum atomic E-state index is -0.168. The first kappa shape index (κ1) is 9.14. The molecule has 5 nitrogen and oxygen atoms in total. The third-order valence-electron chi connectivity index (χ3n) is 1.64. The zero-order valence-corrected chi connectivity index (χ0v) is 8.67. The number of aromatic nitrogens is 3. The summed E-state index contributed by atoms with van der Waals surface area (Å²) in [7, 11) is 0. The van der Waals surface area contributed by atoms with E-state index in [2.05, 4.69) is 10.1 Å². The Labute approximate surface area is 83.6 Å². The minimum absolute atomic E-state index is 0.168. The van der Waals surface area contributed by atoms with Crippen LogP contribution in [0.5, 0.6) is 0 Å². The second-order valence-corrected chi connectivity index (χ2v) is 3.71. The summed E-state index contributed by atoms with van der Waals surface area (Å²) < 4.78 is 6.87. The highest BCUT2D eigenvalue weighted by atomic mass is 32.1. The van der Waals surface area contributed by atoms with E-state index in [1.807, 2.05) is 6.92 Å². The first-order valence-electron chi connectivity index (χ1n) is 4.20. The van der Waals surface area contributed by atoms with Crippen molar-refractivity contribution in [2.24, 2.45) is 0 Å². The van der Waals surface area contributed by atoms with Crippen LogP contribution in [-0.4, -0.2) is 21.2 Å². The molecule has 0 atom stereocenters. The monoisotopic (exact) mass is 211 g/mol. The van der Waals surface area contributed by atoms with E-state index in [4.69, 9.17) is 4.74 Å². The molecule has 0 radical (unpaired) electrons.